The van der Waals surface area contributed by atoms with Crippen molar-refractivity contribution < 1.29 is 10.2 Å². The number of anilines is 1. The molecule has 0 aromatic carbocycles. The molecule has 0 amide bonds. The maximum absolute atomic E-state index is 11.4. The van der Waals surface area contributed by atoms with Gasteiger partial charge in [-0.15, -0.1) is 0 Å². The highest BCUT2D eigenvalue weighted by atomic mass is 16.3. The number of aromatic nitrogens is 6. The van der Waals surface area contributed by atoms with Crippen molar-refractivity contribution >= 4 is 17.7 Å². The summed E-state index contributed by atoms with van der Waals surface area (Å²) in [7, 11) is 0. The molecule has 1 aliphatic heterocycles. The van der Waals surface area contributed by atoms with Crippen LogP contribution in [0.2, 0.25) is 0 Å². The maximum atomic E-state index is 11.4. The fraction of sp³-hybridized carbons (Fsp3) is 0.471. The van der Waals surface area contributed by atoms with Crippen molar-refractivity contribution in [3.63, 3.8) is 0 Å². The topological polar surface area (TPSA) is 148 Å². The van der Waals surface area contributed by atoms with Gasteiger partial charge in [-0.25, -0.2) is 9.79 Å². The molecule has 0 unspecified atom stereocenters. The Bertz CT molecular complexity index is 1210. The van der Waals surface area contributed by atoms with Gasteiger partial charge in [-0.2, -0.15) is 19.6 Å². The molecule has 5 rings (SSSR count). The van der Waals surface area contributed by atoms with Crippen molar-refractivity contribution in [3.05, 3.63) is 33.2 Å². The summed E-state index contributed by atoms with van der Waals surface area (Å²) < 4.78 is 1.57. The molecular weight excluding hydrogens is 364 g/mol. The number of rotatable bonds is 4. The van der Waals surface area contributed by atoms with Gasteiger partial charge in [-0.1, -0.05) is 0 Å². The average molecular weight is 384 g/mol. The van der Waals surface area contributed by atoms with Gasteiger partial charge in [0.1, 0.15) is 5.69 Å². The second-order valence-corrected chi connectivity index (χ2v) is 7.18. The van der Waals surface area contributed by atoms with Gasteiger partial charge in [0.2, 0.25) is 11.8 Å². The molecule has 1 aliphatic carbocycles. The molecule has 3 aromatic heterocycles. The molecule has 11 nitrogen and oxygen atoms in total. The number of nitrogens with zero attached hydrogens (tertiary/aromatic N) is 6. The van der Waals surface area contributed by atoms with Crippen molar-refractivity contribution in [1.29, 1.82) is 0 Å². The van der Waals surface area contributed by atoms with Crippen LogP contribution in [-0.2, 0) is 0 Å². The highest BCUT2D eigenvalue weighted by molar-refractivity contribution is 5.57. The van der Waals surface area contributed by atoms with Crippen molar-refractivity contribution in [3.8, 4) is 5.88 Å². The number of hydrogen-bond acceptors (Lipinski definition) is 8. The summed E-state index contributed by atoms with van der Waals surface area (Å²) in [6, 6.07) is 0.233. The van der Waals surface area contributed by atoms with Crippen molar-refractivity contribution in [2.24, 2.45) is 4.99 Å². The molecule has 4 N–H and O–H groups in total. The molecule has 11 heteroatoms. The minimum atomic E-state index is -0.497. The van der Waals surface area contributed by atoms with E-state index in [1.54, 1.807) is 16.8 Å². The Morgan fingerprint density at radius 3 is 2.86 bits per heavy atom. The normalized spacial score (nSPS) is 21.3. The number of aliphatic hydroxyl groups is 1. The minimum absolute atomic E-state index is 0.0170. The van der Waals surface area contributed by atoms with Crippen LogP contribution in [0.5, 0.6) is 5.88 Å². The number of fused-ring (bicyclic) bond motifs is 1. The Morgan fingerprint density at radius 2 is 2.14 bits per heavy atom. The van der Waals surface area contributed by atoms with Crippen LogP contribution in [0.25, 0.3) is 11.7 Å². The van der Waals surface area contributed by atoms with Gasteiger partial charge >= 0.3 is 5.69 Å². The van der Waals surface area contributed by atoms with Crippen LogP contribution in [0, 0.1) is 0 Å². The van der Waals surface area contributed by atoms with Gasteiger partial charge < -0.3 is 20.1 Å². The number of aromatic amines is 2. The molecule has 3 aromatic rings. The molecule has 1 saturated carbocycles. The first-order valence-corrected chi connectivity index (χ1v) is 9.32. The SMILES string of the molecule is O=c1[nH]c(O)c(/C=c2\cnn3c(=NC4CC4)nc(N4CCC[C@H]4CO)nc23)[nH]1. The van der Waals surface area contributed by atoms with E-state index in [4.69, 9.17) is 0 Å². The van der Waals surface area contributed by atoms with E-state index in [1.807, 2.05) is 4.90 Å². The van der Waals surface area contributed by atoms with Gasteiger partial charge in [0.25, 0.3) is 5.62 Å². The van der Waals surface area contributed by atoms with E-state index in [-0.39, 0.29) is 30.3 Å². The number of imidazole rings is 1. The summed E-state index contributed by atoms with van der Waals surface area (Å²) in [5, 5.41) is 24.5. The van der Waals surface area contributed by atoms with Gasteiger partial charge in [0.15, 0.2) is 5.65 Å². The van der Waals surface area contributed by atoms with Gasteiger partial charge in [-0.3, -0.25) is 4.98 Å². The number of aliphatic hydroxyl groups excluding tert-OH is 1. The minimum Gasteiger partial charge on any atom is -0.493 e. The quantitative estimate of drug-likeness (QED) is 0.424. The van der Waals surface area contributed by atoms with E-state index in [2.05, 4.69) is 30.0 Å². The lowest BCUT2D eigenvalue weighted by atomic mass is 10.2. The highest BCUT2D eigenvalue weighted by Crippen LogP contribution is 2.23. The molecule has 0 spiro atoms. The molecule has 2 aliphatic rings. The Labute approximate surface area is 158 Å². The van der Waals surface area contributed by atoms with Crippen LogP contribution < -0.4 is 21.4 Å². The summed E-state index contributed by atoms with van der Waals surface area (Å²) in [6.07, 6.45) is 7.10. The molecular formula is C17H20N8O3. The van der Waals surface area contributed by atoms with Gasteiger partial charge in [0, 0.05) is 11.8 Å². The summed E-state index contributed by atoms with van der Waals surface area (Å²) in [5.74, 6) is 0.256. The first-order valence-electron chi connectivity index (χ1n) is 9.32. The summed E-state index contributed by atoms with van der Waals surface area (Å²) in [6.45, 7) is 0.809. The molecule has 4 heterocycles. The van der Waals surface area contributed by atoms with E-state index < -0.39 is 5.69 Å². The third-order valence-corrected chi connectivity index (χ3v) is 5.09. The van der Waals surface area contributed by atoms with Crippen molar-refractivity contribution in [2.75, 3.05) is 18.1 Å². The van der Waals surface area contributed by atoms with E-state index in [0.717, 1.165) is 32.2 Å². The number of H-pyrrole nitrogens is 2. The van der Waals surface area contributed by atoms with E-state index in [0.29, 0.717) is 22.4 Å². The van der Waals surface area contributed by atoms with Gasteiger partial charge in [-0.05, 0) is 31.8 Å². The van der Waals surface area contributed by atoms with Gasteiger partial charge in [0.05, 0.1) is 24.9 Å². The Balaban J connectivity index is 1.72. The third kappa shape index (κ3) is 2.93. The second kappa shape index (κ2) is 6.44. The maximum Gasteiger partial charge on any atom is 0.326 e. The number of hydrogen-bond donors (Lipinski definition) is 4. The van der Waals surface area contributed by atoms with E-state index in [1.165, 1.54) is 0 Å². The molecule has 28 heavy (non-hydrogen) atoms. The zero-order valence-corrected chi connectivity index (χ0v) is 15.0. The first kappa shape index (κ1) is 16.9. The van der Waals surface area contributed by atoms with Crippen LogP contribution in [0.15, 0.2) is 16.0 Å². The fourth-order valence-electron chi connectivity index (χ4n) is 3.49. The largest absolute Gasteiger partial charge is 0.493 e. The monoisotopic (exact) mass is 384 g/mol. The Kier molecular flexibility index (Phi) is 3.90. The average Bonchev–Trinajstić information content (AvgIpc) is 3.08. The van der Waals surface area contributed by atoms with Crippen LogP contribution in [0.4, 0.5) is 5.95 Å². The zero-order valence-electron chi connectivity index (χ0n) is 15.0. The molecule has 0 radical (unpaired) electrons. The fourth-order valence-corrected chi connectivity index (χ4v) is 3.49. The molecule has 0 bridgehead atoms. The van der Waals surface area contributed by atoms with Crippen molar-refractivity contribution in [2.45, 2.75) is 37.8 Å². The summed E-state index contributed by atoms with van der Waals surface area (Å²) in [4.78, 5) is 32.1. The molecule has 146 valence electrons. The predicted octanol–water partition coefficient (Wildman–Crippen LogP) is -1.58. The van der Waals surface area contributed by atoms with Crippen LogP contribution >= 0.6 is 0 Å². The second-order valence-electron chi connectivity index (χ2n) is 7.18. The third-order valence-electron chi connectivity index (χ3n) is 5.09. The van der Waals surface area contributed by atoms with Crippen LogP contribution in [0.3, 0.4) is 0 Å². The number of aromatic hydroxyl groups is 1. The van der Waals surface area contributed by atoms with Crippen LogP contribution in [-0.4, -0.2) is 65.0 Å². The predicted molar refractivity (Wildman–Crippen MR) is 98.7 cm³/mol. The molecule has 2 fully saturated rings. The van der Waals surface area contributed by atoms with Crippen LogP contribution in [0.1, 0.15) is 31.4 Å². The van der Waals surface area contributed by atoms with Crippen molar-refractivity contribution in [1.82, 2.24) is 29.5 Å². The molecule has 1 atom stereocenters. The Morgan fingerprint density at radius 1 is 1.29 bits per heavy atom. The standard InChI is InChI=1S/C17H20N8O3/c26-8-11-2-1-5-24(11)15-21-13-9(6-12-14(27)22-17(28)20-12)7-18-25(13)16(23-15)19-10-3-4-10/h6-7,10-11,26-27H,1-5,8H2,(H2,20,22,28)/b9-6+,19-16?/t11-/m0/s1. The lowest BCUT2D eigenvalue weighted by molar-refractivity contribution is 0.265. The summed E-state index contributed by atoms with van der Waals surface area (Å²) in [5.41, 5.74) is 0.741. The van der Waals surface area contributed by atoms with E-state index >= 15 is 0 Å². The highest BCUT2D eigenvalue weighted by Gasteiger charge is 2.27. The lowest BCUT2D eigenvalue weighted by Crippen LogP contribution is -2.36. The zero-order chi connectivity index (χ0) is 19.3. The Hall–Kier alpha value is -3.21. The molecule has 1 saturated heterocycles. The first-order chi connectivity index (χ1) is 13.6. The summed E-state index contributed by atoms with van der Waals surface area (Å²) >= 11 is 0. The van der Waals surface area contributed by atoms with E-state index in [9.17, 15) is 15.0 Å². The smallest absolute Gasteiger partial charge is 0.326 e. The lowest BCUT2D eigenvalue weighted by Gasteiger charge is -2.22. The number of nitrogens with one attached hydrogen (secondary N) is 2.